The summed E-state index contributed by atoms with van der Waals surface area (Å²) < 4.78 is 13.2. The predicted octanol–water partition coefficient (Wildman–Crippen LogP) is 3.32. The van der Waals surface area contributed by atoms with Gasteiger partial charge in [0.05, 0.1) is 12.0 Å². The molecule has 0 heterocycles. The number of hydrogen-bond donors (Lipinski definition) is 0. The Kier molecular flexibility index (Phi) is 3.98. The summed E-state index contributed by atoms with van der Waals surface area (Å²) >= 11 is 3.12. The predicted molar refractivity (Wildman–Crippen MR) is 57.8 cm³/mol. The number of nitrogens with zero attached hydrogens (tertiary/aromatic N) is 1. The van der Waals surface area contributed by atoms with E-state index in [1.54, 1.807) is 6.92 Å². The zero-order chi connectivity index (χ0) is 11.4. The van der Waals surface area contributed by atoms with Crippen LogP contribution in [0.4, 0.5) is 4.39 Å². The van der Waals surface area contributed by atoms with Gasteiger partial charge in [0.25, 0.3) is 0 Å². The van der Waals surface area contributed by atoms with E-state index in [0.29, 0.717) is 10.0 Å². The maximum Gasteiger partial charge on any atom is 0.165 e. The highest BCUT2D eigenvalue weighted by Gasteiger charge is 2.13. The van der Waals surface area contributed by atoms with E-state index in [1.165, 1.54) is 18.2 Å². The normalized spacial score (nSPS) is 11.9. The number of nitriles is 1. The van der Waals surface area contributed by atoms with Gasteiger partial charge >= 0.3 is 0 Å². The first-order chi connectivity index (χ1) is 7.04. The summed E-state index contributed by atoms with van der Waals surface area (Å²) in [5, 5.41) is 8.57. The molecule has 0 saturated heterocycles. The van der Waals surface area contributed by atoms with Crippen molar-refractivity contribution in [2.75, 3.05) is 0 Å². The van der Waals surface area contributed by atoms with Gasteiger partial charge in [-0.2, -0.15) is 5.26 Å². The smallest absolute Gasteiger partial charge is 0.165 e. The van der Waals surface area contributed by atoms with Crippen LogP contribution in [0.2, 0.25) is 0 Å². The minimum atomic E-state index is -0.397. The Hall–Kier alpha value is -1.21. The lowest BCUT2D eigenvalue weighted by Crippen LogP contribution is -2.05. The van der Waals surface area contributed by atoms with Crippen molar-refractivity contribution >= 4 is 21.7 Å². The summed E-state index contributed by atoms with van der Waals surface area (Å²) in [5.74, 6) is -0.878. The highest BCUT2D eigenvalue weighted by molar-refractivity contribution is 9.10. The van der Waals surface area contributed by atoms with Crippen LogP contribution >= 0.6 is 15.9 Å². The highest BCUT2D eigenvalue weighted by atomic mass is 79.9. The number of benzene rings is 1. The Morgan fingerprint density at radius 3 is 2.87 bits per heavy atom. The fraction of sp³-hybridized carbons (Fsp3) is 0.273. The molecule has 0 amide bonds. The Balaban J connectivity index is 2.88. The molecule has 4 heteroatoms. The van der Waals surface area contributed by atoms with Gasteiger partial charge in [0.2, 0.25) is 0 Å². The largest absolute Gasteiger partial charge is 0.294 e. The van der Waals surface area contributed by atoms with E-state index < -0.39 is 5.82 Å². The van der Waals surface area contributed by atoms with Gasteiger partial charge in [-0.25, -0.2) is 4.39 Å². The van der Waals surface area contributed by atoms with E-state index in [4.69, 9.17) is 5.26 Å². The molecule has 1 aromatic rings. The summed E-state index contributed by atoms with van der Waals surface area (Å²) in [4.78, 5) is 11.6. The molecule has 0 aromatic heterocycles. The van der Waals surface area contributed by atoms with Crippen molar-refractivity contribution in [3.8, 4) is 6.07 Å². The molecule has 78 valence electrons. The average molecular weight is 270 g/mol. The van der Waals surface area contributed by atoms with E-state index in [1.807, 2.05) is 6.07 Å². The van der Waals surface area contributed by atoms with Crippen LogP contribution in [-0.4, -0.2) is 5.78 Å². The van der Waals surface area contributed by atoms with Crippen LogP contribution in [0.15, 0.2) is 22.7 Å². The van der Waals surface area contributed by atoms with Crippen molar-refractivity contribution in [2.24, 2.45) is 5.92 Å². The van der Waals surface area contributed by atoms with Gasteiger partial charge in [0.1, 0.15) is 5.82 Å². The third-order valence-electron chi connectivity index (χ3n) is 1.94. The van der Waals surface area contributed by atoms with E-state index in [-0.39, 0.29) is 18.1 Å². The Bertz CT molecular complexity index is 425. The standard InChI is InChI=1S/C11H9BrFNO/c1-7(6-14)4-11(15)9-3-2-8(13)5-10(9)12/h2-3,5,7H,4H2,1H3. The minimum absolute atomic E-state index is 0.154. The first kappa shape index (κ1) is 11.9. The molecule has 1 aromatic carbocycles. The molecule has 1 unspecified atom stereocenters. The summed E-state index contributed by atoms with van der Waals surface area (Å²) in [7, 11) is 0. The lowest BCUT2D eigenvalue weighted by Gasteiger charge is -2.04. The molecule has 1 rings (SSSR count). The molecule has 0 spiro atoms. The molecule has 0 aliphatic heterocycles. The van der Waals surface area contributed by atoms with E-state index >= 15 is 0 Å². The van der Waals surface area contributed by atoms with Crippen LogP contribution in [0.1, 0.15) is 23.7 Å². The SMILES string of the molecule is CC(C#N)CC(=O)c1ccc(F)cc1Br. The molecule has 0 radical (unpaired) electrons. The van der Waals surface area contributed by atoms with Gasteiger partial charge in [-0.1, -0.05) is 0 Å². The second kappa shape index (κ2) is 5.04. The maximum absolute atomic E-state index is 12.7. The number of rotatable bonds is 3. The van der Waals surface area contributed by atoms with E-state index in [2.05, 4.69) is 15.9 Å². The van der Waals surface area contributed by atoms with Gasteiger partial charge < -0.3 is 0 Å². The first-order valence-electron chi connectivity index (χ1n) is 4.42. The molecule has 2 nitrogen and oxygen atoms in total. The third kappa shape index (κ3) is 3.14. The van der Waals surface area contributed by atoms with Gasteiger partial charge in [0.15, 0.2) is 5.78 Å². The lowest BCUT2D eigenvalue weighted by atomic mass is 10.0. The molecule has 15 heavy (non-hydrogen) atoms. The Morgan fingerprint density at radius 1 is 1.67 bits per heavy atom. The summed E-state index contributed by atoms with van der Waals surface area (Å²) in [6, 6.07) is 5.88. The highest BCUT2D eigenvalue weighted by Crippen LogP contribution is 2.20. The van der Waals surface area contributed by atoms with Crippen molar-refractivity contribution in [2.45, 2.75) is 13.3 Å². The number of carbonyl (C=O) groups excluding carboxylic acids is 1. The van der Waals surface area contributed by atoms with Crippen molar-refractivity contribution in [1.29, 1.82) is 5.26 Å². The van der Waals surface area contributed by atoms with Crippen molar-refractivity contribution in [3.05, 3.63) is 34.1 Å². The monoisotopic (exact) mass is 269 g/mol. The van der Waals surface area contributed by atoms with Gasteiger partial charge in [0, 0.05) is 16.5 Å². The summed E-state index contributed by atoms with van der Waals surface area (Å²) in [6.07, 6.45) is 0.154. The summed E-state index contributed by atoms with van der Waals surface area (Å²) in [6.45, 7) is 1.68. The van der Waals surface area contributed by atoms with Crippen molar-refractivity contribution in [1.82, 2.24) is 0 Å². The first-order valence-corrected chi connectivity index (χ1v) is 5.21. The van der Waals surface area contributed by atoms with Crippen LogP contribution < -0.4 is 0 Å². The van der Waals surface area contributed by atoms with Gasteiger partial charge in [-0.15, -0.1) is 0 Å². The Labute approximate surface area is 95.8 Å². The van der Waals surface area contributed by atoms with Crippen molar-refractivity contribution in [3.63, 3.8) is 0 Å². The molecule has 0 N–H and O–H groups in total. The van der Waals surface area contributed by atoms with Crippen LogP contribution in [0.5, 0.6) is 0 Å². The molecule has 0 fully saturated rings. The topological polar surface area (TPSA) is 40.9 Å². The number of Topliss-reactive ketones (excluding diaryl/α,β-unsaturated/α-hetero) is 1. The fourth-order valence-corrected chi connectivity index (χ4v) is 1.72. The second-order valence-corrected chi connectivity index (χ2v) is 4.14. The average Bonchev–Trinajstić information content (AvgIpc) is 2.17. The van der Waals surface area contributed by atoms with E-state index in [0.717, 1.165) is 0 Å². The number of halogens is 2. The molecule has 0 saturated carbocycles. The lowest BCUT2D eigenvalue weighted by molar-refractivity contribution is 0.0972. The fourth-order valence-electron chi connectivity index (χ4n) is 1.15. The maximum atomic E-state index is 12.7. The van der Waals surface area contributed by atoms with Gasteiger partial charge in [-0.3, -0.25) is 4.79 Å². The van der Waals surface area contributed by atoms with Crippen LogP contribution in [0.3, 0.4) is 0 Å². The van der Waals surface area contributed by atoms with Crippen LogP contribution in [-0.2, 0) is 0 Å². The second-order valence-electron chi connectivity index (χ2n) is 3.28. The Morgan fingerprint density at radius 2 is 2.33 bits per heavy atom. The molecule has 1 atom stereocenters. The molecule has 0 bridgehead atoms. The zero-order valence-corrected chi connectivity index (χ0v) is 9.71. The quantitative estimate of drug-likeness (QED) is 0.790. The number of hydrogen-bond acceptors (Lipinski definition) is 2. The van der Waals surface area contributed by atoms with Crippen molar-refractivity contribution < 1.29 is 9.18 Å². The zero-order valence-electron chi connectivity index (χ0n) is 8.13. The molecule has 0 aliphatic rings. The third-order valence-corrected chi connectivity index (χ3v) is 2.60. The summed E-state index contributed by atoms with van der Waals surface area (Å²) in [5.41, 5.74) is 0.415. The molecular formula is C11H9BrFNO. The molecular weight excluding hydrogens is 261 g/mol. The van der Waals surface area contributed by atoms with Crippen LogP contribution in [0, 0.1) is 23.1 Å². The van der Waals surface area contributed by atoms with E-state index in [9.17, 15) is 9.18 Å². The van der Waals surface area contributed by atoms with Gasteiger partial charge in [-0.05, 0) is 41.1 Å². The molecule has 0 aliphatic carbocycles. The number of carbonyl (C=O) groups is 1. The number of ketones is 1. The van der Waals surface area contributed by atoms with Crippen LogP contribution in [0.25, 0.3) is 0 Å². The minimum Gasteiger partial charge on any atom is -0.294 e.